The third-order valence-electron chi connectivity index (χ3n) is 1.94. The Morgan fingerprint density at radius 2 is 2.17 bits per heavy atom. The molecule has 0 saturated heterocycles. The molecule has 0 bridgehead atoms. The van der Waals surface area contributed by atoms with Crippen LogP contribution in [0.25, 0.3) is 0 Å². The molecule has 0 aromatic rings. The topological polar surface area (TPSA) is 17.1 Å². The molecule has 1 rings (SSSR count). The minimum atomic E-state index is -4.25. The summed E-state index contributed by atoms with van der Waals surface area (Å²) < 4.78 is 36.2. The van der Waals surface area contributed by atoms with Crippen LogP contribution in [0.2, 0.25) is 0 Å². The van der Waals surface area contributed by atoms with Gasteiger partial charge in [-0.3, -0.25) is 0 Å². The summed E-state index contributed by atoms with van der Waals surface area (Å²) in [5.41, 5.74) is -0.550. The van der Waals surface area contributed by atoms with Gasteiger partial charge in [-0.25, -0.2) is 0 Å². The number of allylic oxidation sites excluding steroid dienone is 2. The summed E-state index contributed by atoms with van der Waals surface area (Å²) in [4.78, 5) is 10.2. The van der Waals surface area contributed by atoms with Gasteiger partial charge in [0.25, 0.3) is 0 Å². The lowest BCUT2D eigenvalue weighted by Crippen LogP contribution is -2.17. The van der Waals surface area contributed by atoms with Crippen molar-refractivity contribution in [1.82, 2.24) is 0 Å². The number of carbonyl (C=O) groups excluding carboxylic acids is 1. The van der Waals surface area contributed by atoms with Crippen LogP contribution in [0.15, 0.2) is 11.6 Å². The molecule has 0 fully saturated rings. The van der Waals surface area contributed by atoms with Gasteiger partial charge < -0.3 is 4.79 Å². The third kappa shape index (κ3) is 2.09. The lowest BCUT2D eigenvalue weighted by Gasteiger charge is -2.18. The molecule has 4 heteroatoms. The molecule has 0 N–H and O–H groups in total. The summed E-state index contributed by atoms with van der Waals surface area (Å²) in [6.07, 6.45) is -1.59. The van der Waals surface area contributed by atoms with Crippen LogP contribution in [0, 0.1) is 5.92 Å². The minimum absolute atomic E-state index is 0.0494. The second kappa shape index (κ2) is 3.29. The average molecular weight is 178 g/mol. The van der Waals surface area contributed by atoms with Crippen molar-refractivity contribution in [3.8, 4) is 0 Å². The van der Waals surface area contributed by atoms with E-state index in [-0.39, 0.29) is 6.42 Å². The van der Waals surface area contributed by atoms with Gasteiger partial charge in [0.2, 0.25) is 0 Å². The highest BCUT2D eigenvalue weighted by molar-refractivity contribution is 5.57. The predicted molar refractivity (Wildman–Crippen MR) is 37.5 cm³/mol. The lowest BCUT2D eigenvalue weighted by atomic mass is 9.91. The quantitative estimate of drug-likeness (QED) is 0.445. The maximum Gasteiger partial charge on any atom is 0.412 e. The zero-order chi connectivity index (χ0) is 9.19. The number of hydrogen-bond acceptors (Lipinski definition) is 1. The molecule has 1 aliphatic carbocycles. The summed E-state index contributed by atoms with van der Waals surface area (Å²) in [6.45, 7) is 0. The highest BCUT2D eigenvalue weighted by Crippen LogP contribution is 2.34. The normalized spacial score (nSPS) is 24.9. The van der Waals surface area contributed by atoms with E-state index in [4.69, 9.17) is 0 Å². The molecule has 0 amide bonds. The van der Waals surface area contributed by atoms with Crippen molar-refractivity contribution in [1.29, 1.82) is 0 Å². The van der Waals surface area contributed by atoms with Crippen LogP contribution in [-0.2, 0) is 4.79 Å². The number of hydrogen-bond donors (Lipinski definition) is 0. The Morgan fingerprint density at radius 1 is 1.50 bits per heavy atom. The van der Waals surface area contributed by atoms with Gasteiger partial charge in [-0.05, 0) is 19.3 Å². The van der Waals surface area contributed by atoms with E-state index in [2.05, 4.69) is 0 Å². The molecule has 1 nitrogen and oxygen atoms in total. The van der Waals surface area contributed by atoms with Gasteiger partial charge in [0.15, 0.2) is 0 Å². The first-order valence-corrected chi connectivity index (χ1v) is 3.77. The van der Waals surface area contributed by atoms with Gasteiger partial charge in [0, 0.05) is 11.5 Å². The number of alkyl halides is 3. The van der Waals surface area contributed by atoms with E-state index in [9.17, 15) is 18.0 Å². The van der Waals surface area contributed by atoms with Crippen LogP contribution in [0.1, 0.15) is 19.3 Å². The summed E-state index contributed by atoms with van der Waals surface area (Å²) in [7, 11) is 0. The molecule has 0 saturated carbocycles. The SMILES string of the molecule is O=CC1C=C(C(F)(F)F)CCC1. The molecule has 12 heavy (non-hydrogen) atoms. The van der Waals surface area contributed by atoms with E-state index in [1.807, 2.05) is 0 Å². The van der Waals surface area contributed by atoms with Crippen LogP contribution in [0.3, 0.4) is 0 Å². The van der Waals surface area contributed by atoms with Crippen LogP contribution < -0.4 is 0 Å². The third-order valence-corrected chi connectivity index (χ3v) is 1.94. The Kier molecular flexibility index (Phi) is 2.55. The van der Waals surface area contributed by atoms with Crippen molar-refractivity contribution in [2.24, 2.45) is 5.92 Å². The van der Waals surface area contributed by atoms with Gasteiger partial charge in [0.05, 0.1) is 0 Å². The van der Waals surface area contributed by atoms with Crippen LogP contribution >= 0.6 is 0 Å². The second-order valence-electron chi connectivity index (χ2n) is 2.88. The second-order valence-corrected chi connectivity index (χ2v) is 2.88. The van der Waals surface area contributed by atoms with E-state index < -0.39 is 17.7 Å². The van der Waals surface area contributed by atoms with Crippen LogP contribution in [0.5, 0.6) is 0 Å². The molecule has 0 aromatic carbocycles. The zero-order valence-electron chi connectivity index (χ0n) is 6.40. The van der Waals surface area contributed by atoms with Gasteiger partial charge in [-0.15, -0.1) is 0 Å². The van der Waals surface area contributed by atoms with Crippen molar-refractivity contribution in [2.75, 3.05) is 0 Å². The van der Waals surface area contributed by atoms with Crippen molar-refractivity contribution in [2.45, 2.75) is 25.4 Å². The minimum Gasteiger partial charge on any atom is -0.303 e. The standard InChI is InChI=1S/C8H9F3O/c9-8(10,11)7-3-1-2-6(4-7)5-12/h4-6H,1-3H2. The molecular weight excluding hydrogens is 169 g/mol. The molecule has 1 aliphatic rings. The Labute approximate surface area is 68.3 Å². The first-order valence-electron chi connectivity index (χ1n) is 3.77. The lowest BCUT2D eigenvalue weighted by molar-refractivity contribution is -0.110. The fourth-order valence-electron chi connectivity index (χ4n) is 1.30. The smallest absolute Gasteiger partial charge is 0.303 e. The summed E-state index contributed by atoms with van der Waals surface area (Å²) in [5, 5.41) is 0. The monoisotopic (exact) mass is 178 g/mol. The Morgan fingerprint density at radius 3 is 2.67 bits per heavy atom. The van der Waals surface area contributed by atoms with Gasteiger partial charge in [-0.1, -0.05) is 6.08 Å². The van der Waals surface area contributed by atoms with E-state index in [0.29, 0.717) is 19.1 Å². The summed E-state index contributed by atoms with van der Waals surface area (Å²) in [5.74, 6) is -0.532. The highest BCUT2D eigenvalue weighted by atomic mass is 19.4. The van der Waals surface area contributed by atoms with Gasteiger partial charge in [-0.2, -0.15) is 13.2 Å². The molecular formula is C8H9F3O. The summed E-state index contributed by atoms with van der Waals surface area (Å²) >= 11 is 0. The maximum atomic E-state index is 12.1. The summed E-state index contributed by atoms with van der Waals surface area (Å²) in [6, 6.07) is 0. The Bertz CT molecular complexity index is 205. The van der Waals surface area contributed by atoms with E-state index >= 15 is 0 Å². The number of rotatable bonds is 1. The van der Waals surface area contributed by atoms with Crippen molar-refractivity contribution in [3.05, 3.63) is 11.6 Å². The Balaban J connectivity index is 2.76. The van der Waals surface area contributed by atoms with E-state index in [1.165, 1.54) is 0 Å². The van der Waals surface area contributed by atoms with E-state index in [1.54, 1.807) is 0 Å². The van der Waals surface area contributed by atoms with Crippen LogP contribution in [-0.4, -0.2) is 12.5 Å². The molecule has 68 valence electrons. The van der Waals surface area contributed by atoms with Crippen molar-refractivity contribution in [3.63, 3.8) is 0 Å². The largest absolute Gasteiger partial charge is 0.412 e. The van der Waals surface area contributed by atoms with Gasteiger partial charge >= 0.3 is 6.18 Å². The molecule has 1 unspecified atom stereocenters. The first-order chi connectivity index (χ1) is 5.54. The van der Waals surface area contributed by atoms with Gasteiger partial charge in [0.1, 0.15) is 6.29 Å². The van der Waals surface area contributed by atoms with E-state index in [0.717, 1.165) is 6.08 Å². The molecule has 0 radical (unpaired) electrons. The first kappa shape index (κ1) is 9.29. The number of halogens is 3. The van der Waals surface area contributed by atoms with Crippen LogP contribution in [0.4, 0.5) is 13.2 Å². The zero-order valence-corrected chi connectivity index (χ0v) is 6.40. The van der Waals surface area contributed by atoms with Crippen molar-refractivity contribution < 1.29 is 18.0 Å². The molecule has 0 heterocycles. The molecule has 0 aliphatic heterocycles. The maximum absolute atomic E-state index is 12.1. The molecule has 1 atom stereocenters. The predicted octanol–water partition coefficient (Wildman–Crippen LogP) is 2.47. The highest BCUT2D eigenvalue weighted by Gasteiger charge is 2.35. The number of aldehydes is 1. The fourth-order valence-corrected chi connectivity index (χ4v) is 1.30. The molecule has 0 aromatic heterocycles. The van der Waals surface area contributed by atoms with Crippen molar-refractivity contribution >= 4 is 6.29 Å². The Hall–Kier alpha value is -0.800. The molecule has 0 spiro atoms. The fraction of sp³-hybridized carbons (Fsp3) is 0.625. The number of carbonyl (C=O) groups is 1. The average Bonchev–Trinajstić information content (AvgIpc) is 2.03.